The third-order valence-corrected chi connectivity index (χ3v) is 10.8. The van der Waals surface area contributed by atoms with Crippen molar-refractivity contribution in [3.05, 3.63) is 146 Å². The SMILES string of the molecule is CC\C=C/C=C\C=C/C=C\C=C\C=C/C=C\CCCCCC(=O)OCC(COC(=O)CCCCCCC/C=C\CCCCC)OC(=O)CCCCCCCC/C=C\C/C=C\C/C=C\C/C=C\CC. The lowest BCUT2D eigenvalue weighted by Crippen LogP contribution is -2.30. The van der Waals surface area contributed by atoms with E-state index < -0.39 is 6.10 Å². The summed E-state index contributed by atoms with van der Waals surface area (Å²) >= 11 is 0. The van der Waals surface area contributed by atoms with Gasteiger partial charge in [0.25, 0.3) is 0 Å². The summed E-state index contributed by atoms with van der Waals surface area (Å²) in [6, 6.07) is 0. The van der Waals surface area contributed by atoms with Crippen molar-refractivity contribution in [2.45, 2.75) is 213 Å². The van der Waals surface area contributed by atoms with Gasteiger partial charge in [-0.15, -0.1) is 0 Å². The van der Waals surface area contributed by atoms with E-state index in [-0.39, 0.29) is 31.1 Å². The van der Waals surface area contributed by atoms with E-state index in [4.69, 9.17) is 14.2 Å². The Morgan fingerprint density at radius 1 is 0.324 bits per heavy atom. The standard InChI is InChI=1S/C62H96O6/c1-4-7-10-13-16-19-22-25-27-29-31-33-35-37-40-43-46-49-52-55-61(64)67-58-59(57-66-60(63)54-51-48-45-42-39-24-21-18-15-12-9-6-3)68-62(65)56-53-50-47-44-41-38-36-34-32-30-28-26-23-20-17-14-11-8-5-2/h7-8,10-11,13,16-22,25-29,31-35,37,40,59H,4-6,9,12,14-15,23-24,30,36,38-39,41-58H2,1-3H3/b10-7-,11-8-,16-13-,20-17-,21-18-,22-19-,27-25-,28-26-,31-29+,34-32-,35-33-,40-37-. The minimum absolute atomic E-state index is 0.110. The lowest BCUT2D eigenvalue weighted by Gasteiger charge is -2.18. The molecule has 0 heterocycles. The molecule has 0 aliphatic heterocycles. The minimum Gasteiger partial charge on any atom is -0.462 e. The number of rotatable bonds is 46. The number of hydrogen-bond acceptors (Lipinski definition) is 6. The van der Waals surface area contributed by atoms with Crippen LogP contribution < -0.4 is 0 Å². The van der Waals surface area contributed by atoms with E-state index in [2.05, 4.69) is 93.7 Å². The van der Waals surface area contributed by atoms with Crippen molar-refractivity contribution in [1.82, 2.24) is 0 Å². The fourth-order valence-corrected chi connectivity index (χ4v) is 6.76. The molecule has 0 saturated carbocycles. The van der Waals surface area contributed by atoms with Gasteiger partial charge in [0.15, 0.2) is 6.10 Å². The van der Waals surface area contributed by atoms with Gasteiger partial charge in [-0.1, -0.05) is 231 Å². The first-order valence-electron chi connectivity index (χ1n) is 26.9. The van der Waals surface area contributed by atoms with Crippen molar-refractivity contribution in [1.29, 1.82) is 0 Å². The van der Waals surface area contributed by atoms with E-state index in [1.807, 2.05) is 72.9 Å². The summed E-state index contributed by atoms with van der Waals surface area (Å²) in [5.41, 5.74) is 0. The van der Waals surface area contributed by atoms with E-state index >= 15 is 0 Å². The predicted molar refractivity (Wildman–Crippen MR) is 292 cm³/mol. The number of esters is 3. The van der Waals surface area contributed by atoms with Gasteiger partial charge in [-0.3, -0.25) is 14.4 Å². The van der Waals surface area contributed by atoms with Crippen molar-refractivity contribution >= 4 is 17.9 Å². The highest BCUT2D eigenvalue weighted by molar-refractivity contribution is 5.71. The van der Waals surface area contributed by atoms with Gasteiger partial charge in [0.1, 0.15) is 13.2 Å². The Morgan fingerprint density at radius 2 is 0.647 bits per heavy atom. The second kappa shape index (κ2) is 54.9. The van der Waals surface area contributed by atoms with Gasteiger partial charge in [0.05, 0.1) is 0 Å². The van der Waals surface area contributed by atoms with Crippen LogP contribution in [-0.2, 0) is 28.6 Å². The van der Waals surface area contributed by atoms with Gasteiger partial charge in [0, 0.05) is 19.3 Å². The summed E-state index contributed by atoms with van der Waals surface area (Å²) in [4.78, 5) is 38.1. The molecule has 1 atom stereocenters. The number of carbonyl (C=O) groups is 3. The van der Waals surface area contributed by atoms with Gasteiger partial charge in [0.2, 0.25) is 0 Å². The molecule has 0 aromatic rings. The van der Waals surface area contributed by atoms with Crippen LogP contribution >= 0.6 is 0 Å². The van der Waals surface area contributed by atoms with Crippen molar-refractivity contribution in [2.24, 2.45) is 0 Å². The molecular formula is C62H96O6. The second-order valence-corrected chi connectivity index (χ2v) is 17.2. The van der Waals surface area contributed by atoms with Crippen LogP contribution in [0.3, 0.4) is 0 Å². The zero-order valence-corrected chi connectivity index (χ0v) is 43.3. The molecule has 0 aromatic carbocycles. The molecule has 6 heteroatoms. The predicted octanol–water partition coefficient (Wildman–Crippen LogP) is 18.0. The normalized spacial score (nSPS) is 13.3. The third-order valence-electron chi connectivity index (χ3n) is 10.8. The lowest BCUT2D eigenvalue weighted by atomic mass is 10.1. The summed E-state index contributed by atoms with van der Waals surface area (Å²) in [6.07, 6.45) is 78.2. The van der Waals surface area contributed by atoms with Gasteiger partial charge in [-0.25, -0.2) is 0 Å². The largest absolute Gasteiger partial charge is 0.462 e. The maximum absolute atomic E-state index is 12.8. The first kappa shape index (κ1) is 63.3. The first-order chi connectivity index (χ1) is 33.5. The highest BCUT2D eigenvalue weighted by Gasteiger charge is 2.19. The molecule has 6 nitrogen and oxygen atoms in total. The molecule has 0 spiro atoms. The molecule has 380 valence electrons. The highest BCUT2D eigenvalue weighted by Crippen LogP contribution is 2.13. The first-order valence-corrected chi connectivity index (χ1v) is 26.9. The fourth-order valence-electron chi connectivity index (χ4n) is 6.76. The monoisotopic (exact) mass is 937 g/mol. The van der Waals surface area contributed by atoms with Crippen molar-refractivity contribution in [2.75, 3.05) is 13.2 Å². The van der Waals surface area contributed by atoms with Gasteiger partial charge in [-0.2, -0.15) is 0 Å². The molecule has 0 amide bonds. The average molecular weight is 937 g/mol. The molecule has 0 fully saturated rings. The molecule has 0 radical (unpaired) electrons. The van der Waals surface area contributed by atoms with E-state index in [9.17, 15) is 14.4 Å². The maximum Gasteiger partial charge on any atom is 0.306 e. The fraction of sp³-hybridized carbons (Fsp3) is 0.565. The Balaban J connectivity index is 4.54. The molecule has 0 N–H and O–H groups in total. The molecule has 0 aliphatic rings. The van der Waals surface area contributed by atoms with Crippen molar-refractivity contribution in [3.63, 3.8) is 0 Å². The summed E-state index contributed by atoms with van der Waals surface area (Å²) in [5, 5.41) is 0. The zero-order chi connectivity index (χ0) is 49.3. The summed E-state index contributed by atoms with van der Waals surface area (Å²) in [7, 11) is 0. The molecule has 0 aromatic heterocycles. The van der Waals surface area contributed by atoms with Crippen LogP contribution in [0.5, 0.6) is 0 Å². The zero-order valence-electron chi connectivity index (χ0n) is 43.3. The summed E-state index contributed by atoms with van der Waals surface area (Å²) in [5.74, 6) is -0.988. The quantitative estimate of drug-likeness (QED) is 0.0199. The van der Waals surface area contributed by atoms with Crippen molar-refractivity contribution < 1.29 is 28.6 Å². The molecular weight excluding hydrogens is 841 g/mol. The highest BCUT2D eigenvalue weighted by atomic mass is 16.6. The molecule has 0 rings (SSSR count). The topological polar surface area (TPSA) is 78.9 Å². The van der Waals surface area contributed by atoms with Gasteiger partial charge >= 0.3 is 17.9 Å². The van der Waals surface area contributed by atoms with Gasteiger partial charge < -0.3 is 14.2 Å². The van der Waals surface area contributed by atoms with E-state index in [0.29, 0.717) is 19.3 Å². The Hall–Kier alpha value is -4.71. The molecule has 0 bridgehead atoms. The number of ether oxygens (including phenoxy) is 3. The molecule has 0 aliphatic carbocycles. The van der Waals surface area contributed by atoms with Crippen LogP contribution in [0.15, 0.2) is 146 Å². The Morgan fingerprint density at radius 3 is 1.10 bits per heavy atom. The molecule has 68 heavy (non-hydrogen) atoms. The van der Waals surface area contributed by atoms with Crippen LogP contribution in [-0.4, -0.2) is 37.2 Å². The Bertz CT molecular complexity index is 1540. The smallest absolute Gasteiger partial charge is 0.306 e. The van der Waals surface area contributed by atoms with Crippen LogP contribution in [0.4, 0.5) is 0 Å². The van der Waals surface area contributed by atoms with Crippen LogP contribution in [0.2, 0.25) is 0 Å². The second-order valence-electron chi connectivity index (χ2n) is 17.2. The molecule has 0 saturated heterocycles. The maximum atomic E-state index is 12.8. The van der Waals surface area contributed by atoms with Crippen LogP contribution in [0, 0.1) is 0 Å². The number of allylic oxidation sites excluding steroid dienone is 24. The third kappa shape index (κ3) is 52.3. The summed E-state index contributed by atoms with van der Waals surface area (Å²) < 4.78 is 16.8. The number of carbonyl (C=O) groups excluding carboxylic acids is 3. The van der Waals surface area contributed by atoms with Crippen LogP contribution in [0.1, 0.15) is 207 Å². The average Bonchev–Trinajstić information content (AvgIpc) is 3.34. The van der Waals surface area contributed by atoms with E-state index in [1.54, 1.807) is 0 Å². The van der Waals surface area contributed by atoms with Crippen LogP contribution in [0.25, 0.3) is 0 Å². The van der Waals surface area contributed by atoms with E-state index in [0.717, 1.165) is 122 Å². The molecule has 1 unspecified atom stereocenters. The van der Waals surface area contributed by atoms with E-state index in [1.165, 1.54) is 44.9 Å². The van der Waals surface area contributed by atoms with Gasteiger partial charge in [-0.05, 0) is 103 Å². The Kier molecular flexibility index (Phi) is 51.1. The van der Waals surface area contributed by atoms with Crippen molar-refractivity contribution in [3.8, 4) is 0 Å². The number of unbranched alkanes of at least 4 members (excludes halogenated alkanes) is 17. The Labute approximate surface area is 417 Å². The lowest BCUT2D eigenvalue weighted by molar-refractivity contribution is -0.167. The number of hydrogen-bond donors (Lipinski definition) is 0. The minimum atomic E-state index is -0.815. The summed E-state index contributed by atoms with van der Waals surface area (Å²) in [6.45, 7) is 6.28.